The number of rotatable bonds is 3. The Morgan fingerprint density at radius 2 is 2.38 bits per heavy atom. The molecule has 1 fully saturated rings. The molecule has 0 saturated carbocycles. The topological polar surface area (TPSA) is 42.2 Å². The molecule has 1 aliphatic rings. The molecule has 0 aliphatic carbocycles. The van der Waals surface area contributed by atoms with Gasteiger partial charge in [-0.25, -0.2) is 0 Å². The number of ether oxygens (including phenoxy) is 2. The largest absolute Gasteiger partial charge is 0.491 e. The van der Waals surface area contributed by atoms with Gasteiger partial charge in [0, 0.05) is 6.61 Å². The SMILES string of the molecule is N#Cc1cccc(OC[C@H]2CCCCO2)c1. The fourth-order valence-electron chi connectivity index (χ4n) is 1.78. The third kappa shape index (κ3) is 2.98. The van der Waals surface area contributed by atoms with Crippen molar-refractivity contribution in [1.82, 2.24) is 0 Å². The van der Waals surface area contributed by atoms with Crippen molar-refractivity contribution in [1.29, 1.82) is 5.26 Å². The average molecular weight is 217 g/mol. The highest BCUT2D eigenvalue weighted by molar-refractivity contribution is 5.36. The van der Waals surface area contributed by atoms with Crippen LogP contribution in [0.25, 0.3) is 0 Å². The predicted molar refractivity (Wildman–Crippen MR) is 60.2 cm³/mol. The summed E-state index contributed by atoms with van der Waals surface area (Å²) in [5.74, 6) is 0.744. The van der Waals surface area contributed by atoms with Gasteiger partial charge >= 0.3 is 0 Å². The first-order chi connectivity index (χ1) is 7.88. The molecule has 2 rings (SSSR count). The van der Waals surface area contributed by atoms with Crippen LogP contribution in [0, 0.1) is 11.3 Å². The zero-order valence-electron chi connectivity index (χ0n) is 9.19. The highest BCUT2D eigenvalue weighted by Crippen LogP contribution is 2.16. The number of nitriles is 1. The Kier molecular flexibility index (Phi) is 3.79. The Hall–Kier alpha value is -1.53. The summed E-state index contributed by atoms with van der Waals surface area (Å²) in [5.41, 5.74) is 0.627. The number of hydrogen-bond donors (Lipinski definition) is 0. The zero-order chi connectivity index (χ0) is 11.2. The minimum Gasteiger partial charge on any atom is -0.491 e. The average Bonchev–Trinajstić information content (AvgIpc) is 2.38. The van der Waals surface area contributed by atoms with Gasteiger partial charge in [-0.05, 0) is 37.5 Å². The molecule has 84 valence electrons. The van der Waals surface area contributed by atoms with Gasteiger partial charge in [0.1, 0.15) is 12.4 Å². The summed E-state index contributed by atoms with van der Waals surface area (Å²) in [4.78, 5) is 0. The van der Waals surface area contributed by atoms with E-state index in [1.807, 2.05) is 12.1 Å². The van der Waals surface area contributed by atoms with Crippen LogP contribution in [0.1, 0.15) is 24.8 Å². The molecule has 0 bridgehead atoms. The van der Waals surface area contributed by atoms with E-state index in [-0.39, 0.29) is 6.10 Å². The molecule has 0 amide bonds. The van der Waals surface area contributed by atoms with Crippen molar-refractivity contribution in [2.45, 2.75) is 25.4 Å². The summed E-state index contributed by atoms with van der Waals surface area (Å²) < 4.78 is 11.2. The van der Waals surface area contributed by atoms with E-state index in [1.165, 1.54) is 6.42 Å². The maximum atomic E-state index is 8.75. The van der Waals surface area contributed by atoms with Crippen molar-refractivity contribution >= 4 is 0 Å². The highest BCUT2D eigenvalue weighted by Gasteiger charge is 2.14. The lowest BCUT2D eigenvalue weighted by atomic mass is 10.1. The Labute approximate surface area is 95.6 Å². The van der Waals surface area contributed by atoms with Crippen molar-refractivity contribution in [3.63, 3.8) is 0 Å². The highest BCUT2D eigenvalue weighted by atomic mass is 16.5. The summed E-state index contributed by atoms with van der Waals surface area (Å²) in [6.07, 6.45) is 3.64. The fraction of sp³-hybridized carbons (Fsp3) is 0.462. The van der Waals surface area contributed by atoms with E-state index in [1.54, 1.807) is 12.1 Å². The van der Waals surface area contributed by atoms with Gasteiger partial charge in [-0.2, -0.15) is 5.26 Å². The second-order valence-electron chi connectivity index (χ2n) is 3.94. The molecule has 1 atom stereocenters. The van der Waals surface area contributed by atoms with Crippen LogP contribution < -0.4 is 4.74 Å². The molecule has 0 radical (unpaired) electrons. The molecule has 3 nitrogen and oxygen atoms in total. The van der Waals surface area contributed by atoms with Crippen LogP contribution in [0.4, 0.5) is 0 Å². The van der Waals surface area contributed by atoms with Gasteiger partial charge in [0.25, 0.3) is 0 Å². The molecule has 0 spiro atoms. The second-order valence-corrected chi connectivity index (χ2v) is 3.94. The Morgan fingerprint density at radius 1 is 1.44 bits per heavy atom. The first-order valence-corrected chi connectivity index (χ1v) is 5.63. The molecule has 16 heavy (non-hydrogen) atoms. The lowest BCUT2D eigenvalue weighted by Crippen LogP contribution is -2.25. The monoisotopic (exact) mass is 217 g/mol. The quantitative estimate of drug-likeness (QED) is 0.781. The van der Waals surface area contributed by atoms with Crippen LogP contribution in [0.2, 0.25) is 0 Å². The van der Waals surface area contributed by atoms with Crippen LogP contribution in [0.5, 0.6) is 5.75 Å². The van der Waals surface area contributed by atoms with Crippen LogP contribution in [0.15, 0.2) is 24.3 Å². The minimum absolute atomic E-state index is 0.208. The van der Waals surface area contributed by atoms with E-state index in [2.05, 4.69) is 6.07 Å². The molecular weight excluding hydrogens is 202 g/mol. The van der Waals surface area contributed by atoms with Gasteiger partial charge in [-0.3, -0.25) is 0 Å². The third-order valence-electron chi connectivity index (χ3n) is 2.67. The second kappa shape index (κ2) is 5.53. The van der Waals surface area contributed by atoms with E-state index >= 15 is 0 Å². The molecule has 1 aromatic rings. The lowest BCUT2D eigenvalue weighted by Gasteiger charge is -2.22. The van der Waals surface area contributed by atoms with Gasteiger partial charge in [0.05, 0.1) is 17.7 Å². The molecule has 0 N–H and O–H groups in total. The van der Waals surface area contributed by atoms with Crippen molar-refractivity contribution < 1.29 is 9.47 Å². The number of nitrogens with zero attached hydrogens (tertiary/aromatic N) is 1. The maximum Gasteiger partial charge on any atom is 0.120 e. The third-order valence-corrected chi connectivity index (χ3v) is 2.67. The van der Waals surface area contributed by atoms with E-state index in [0.29, 0.717) is 12.2 Å². The molecule has 1 saturated heterocycles. The van der Waals surface area contributed by atoms with E-state index in [4.69, 9.17) is 14.7 Å². The molecule has 3 heteroatoms. The van der Waals surface area contributed by atoms with Crippen molar-refractivity contribution in [3.05, 3.63) is 29.8 Å². The Bertz CT molecular complexity index is 378. The fourth-order valence-corrected chi connectivity index (χ4v) is 1.78. The summed E-state index contributed by atoms with van der Waals surface area (Å²) >= 11 is 0. The van der Waals surface area contributed by atoms with Gasteiger partial charge in [0.15, 0.2) is 0 Å². The molecule has 0 aromatic heterocycles. The first kappa shape index (κ1) is 11.0. The minimum atomic E-state index is 0.208. The van der Waals surface area contributed by atoms with E-state index < -0.39 is 0 Å². The van der Waals surface area contributed by atoms with Gasteiger partial charge in [-0.15, -0.1) is 0 Å². The maximum absolute atomic E-state index is 8.75. The van der Waals surface area contributed by atoms with E-state index in [0.717, 1.165) is 25.2 Å². The van der Waals surface area contributed by atoms with Crippen LogP contribution in [-0.2, 0) is 4.74 Å². The Balaban J connectivity index is 1.86. The summed E-state index contributed by atoms with van der Waals surface area (Å²) in [6.45, 7) is 1.42. The Morgan fingerprint density at radius 3 is 3.12 bits per heavy atom. The van der Waals surface area contributed by atoms with Crippen LogP contribution in [-0.4, -0.2) is 19.3 Å². The smallest absolute Gasteiger partial charge is 0.120 e. The zero-order valence-corrected chi connectivity index (χ0v) is 9.19. The first-order valence-electron chi connectivity index (χ1n) is 5.63. The summed E-state index contributed by atoms with van der Waals surface area (Å²) in [6, 6.07) is 9.31. The standard InChI is InChI=1S/C13H15NO2/c14-9-11-4-3-6-12(8-11)16-10-13-5-1-2-7-15-13/h3-4,6,8,13H,1-2,5,7,10H2/t13-/m1/s1. The number of hydrogen-bond acceptors (Lipinski definition) is 3. The van der Waals surface area contributed by atoms with Crippen molar-refractivity contribution in [2.24, 2.45) is 0 Å². The lowest BCUT2D eigenvalue weighted by molar-refractivity contribution is -0.0110. The predicted octanol–water partition coefficient (Wildman–Crippen LogP) is 2.51. The van der Waals surface area contributed by atoms with Gasteiger partial charge < -0.3 is 9.47 Å². The molecule has 1 heterocycles. The van der Waals surface area contributed by atoms with Gasteiger partial charge in [-0.1, -0.05) is 6.07 Å². The van der Waals surface area contributed by atoms with Crippen molar-refractivity contribution in [3.8, 4) is 11.8 Å². The van der Waals surface area contributed by atoms with Crippen LogP contribution in [0.3, 0.4) is 0 Å². The normalized spacial score (nSPS) is 20.1. The molecule has 1 aromatic carbocycles. The van der Waals surface area contributed by atoms with Gasteiger partial charge in [0.2, 0.25) is 0 Å². The molecule has 0 unspecified atom stereocenters. The molecule has 1 aliphatic heterocycles. The van der Waals surface area contributed by atoms with Crippen LogP contribution >= 0.6 is 0 Å². The summed E-state index contributed by atoms with van der Waals surface area (Å²) in [5, 5.41) is 8.75. The van der Waals surface area contributed by atoms with Crippen molar-refractivity contribution in [2.75, 3.05) is 13.2 Å². The van der Waals surface area contributed by atoms with E-state index in [9.17, 15) is 0 Å². The molecular formula is C13H15NO2. The number of benzene rings is 1. The summed E-state index contributed by atoms with van der Waals surface area (Å²) in [7, 11) is 0.